The van der Waals surface area contributed by atoms with Crippen LogP contribution in [0.4, 0.5) is 17.1 Å². The Balaban J connectivity index is 1.93. The van der Waals surface area contributed by atoms with Crippen molar-refractivity contribution in [1.82, 2.24) is 0 Å². The van der Waals surface area contributed by atoms with Crippen molar-refractivity contribution in [2.24, 2.45) is 5.92 Å². The molecule has 0 radical (unpaired) electrons. The number of benzene rings is 2. The average molecular weight is 375 g/mol. The van der Waals surface area contributed by atoms with Crippen molar-refractivity contribution in [2.45, 2.75) is 11.8 Å². The predicted octanol–water partition coefficient (Wildman–Crippen LogP) is 2.02. The van der Waals surface area contributed by atoms with Gasteiger partial charge in [0.25, 0.3) is 10.0 Å². The lowest BCUT2D eigenvalue weighted by Crippen LogP contribution is -2.28. The van der Waals surface area contributed by atoms with Crippen LogP contribution in [0.25, 0.3) is 0 Å². The quantitative estimate of drug-likeness (QED) is 0.708. The summed E-state index contributed by atoms with van der Waals surface area (Å²) in [5.41, 5.74) is 0.902. The van der Waals surface area contributed by atoms with Gasteiger partial charge in [-0.05, 0) is 37.3 Å². The highest BCUT2D eigenvalue weighted by atomic mass is 32.2. The molecule has 3 rings (SSSR count). The monoisotopic (exact) mass is 375 g/mol. The zero-order chi connectivity index (χ0) is 18.9. The van der Waals surface area contributed by atoms with Crippen LogP contribution in [0, 0.1) is 5.92 Å². The highest BCUT2D eigenvalue weighted by molar-refractivity contribution is 7.92. The minimum Gasteiger partial charge on any atom is -0.497 e. The second-order valence-electron chi connectivity index (χ2n) is 5.75. The first-order valence-electron chi connectivity index (χ1n) is 7.73. The van der Waals surface area contributed by atoms with Crippen LogP contribution in [0.1, 0.15) is 6.92 Å². The van der Waals surface area contributed by atoms with Crippen molar-refractivity contribution >= 4 is 38.9 Å². The fourth-order valence-electron chi connectivity index (χ4n) is 2.40. The summed E-state index contributed by atoms with van der Waals surface area (Å²) in [5.74, 6) is -1.32. The third-order valence-electron chi connectivity index (χ3n) is 3.93. The molecule has 26 heavy (non-hydrogen) atoms. The predicted molar refractivity (Wildman–Crippen MR) is 96.7 cm³/mol. The summed E-state index contributed by atoms with van der Waals surface area (Å²) in [6.45, 7) is 1.47. The average Bonchev–Trinajstić information content (AvgIpc) is 2.71. The Labute approximate surface area is 150 Å². The number of anilines is 3. The van der Waals surface area contributed by atoms with Crippen molar-refractivity contribution in [3.8, 4) is 5.75 Å². The van der Waals surface area contributed by atoms with Crippen LogP contribution < -0.4 is 20.1 Å². The molecule has 1 aliphatic rings. The second kappa shape index (κ2) is 6.68. The number of amides is 2. The van der Waals surface area contributed by atoms with E-state index in [-0.39, 0.29) is 10.6 Å². The first-order chi connectivity index (χ1) is 12.3. The summed E-state index contributed by atoms with van der Waals surface area (Å²) in [6, 6.07) is 10.6. The summed E-state index contributed by atoms with van der Waals surface area (Å²) >= 11 is 0. The van der Waals surface area contributed by atoms with E-state index in [0.29, 0.717) is 17.1 Å². The molecule has 0 saturated carbocycles. The molecule has 0 aliphatic carbocycles. The van der Waals surface area contributed by atoms with Crippen molar-refractivity contribution in [3.63, 3.8) is 0 Å². The van der Waals surface area contributed by atoms with E-state index < -0.39 is 27.8 Å². The third-order valence-corrected chi connectivity index (χ3v) is 5.30. The summed E-state index contributed by atoms with van der Waals surface area (Å²) in [5, 5.41) is 5.15. The van der Waals surface area contributed by atoms with Gasteiger partial charge in [0.2, 0.25) is 11.8 Å². The number of methoxy groups -OCH3 is 1. The Morgan fingerprint density at radius 1 is 1.00 bits per heavy atom. The van der Waals surface area contributed by atoms with Gasteiger partial charge in [0.1, 0.15) is 11.7 Å². The summed E-state index contributed by atoms with van der Waals surface area (Å²) in [6.07, 6.45) is 0. The molecule has 0 unspecified atom stereocenters. The van der Waals surface area contributed by atoms with Gasteiger partial charge in [-0.15, -0.1) is 0 Å². The van der Waals surface area contributed by atoms with Crippen LogP contribution in [-0.4, -0.2) is 27.3 Å². The molecule has 136 valence electrons. The Morgan fingerprint density at radius 2 is 1.69 bits per heavy atom. The molecule has 0 saturated heterocycles. The number of hydrogen-bond donors (Lipinski definition) is 3. The normalized spacial score (nSPS) is 16.8. The number of carbonyl (C=O) groups excluding carboxylic acids is 2. The first kappa shape index (κ1) is 17.7. The Morgan fingerprint density at radius 3 is 2.38 bits per heavy atom. The number of hydrogen-bond acceptors (Lipinski definition) is 5. The van der Waals surface area contributed by atoms with E-state index >= 15 is 0 Å². The minimum absolute atomic E-state index is 0.0526. The van der Waals surface area contributed by atoms with Crippen molar-refractivity contribution < 1.29 is 22.7 Å². The zero-order valence-electron chi connectivity index (χ0n) is 14.1. The lowest BCUT2D eigenvalue weighted by atomic mass is 10.1. The fourth-order valence-corrected chi connectivity index (χ4v) is 3.48. The van der Waals surface area contributed by atoms with E-state index in [1.54, 1.807) is 24.3 Å². The molecule has 2 amide bonds. The van der Waals surface area contributed by atoms with Gasteiger partial charge in [0, 0.05) is 6.07 Å². The Hall–Kier alpha value is -3.07. The van der Waals surface area contributed by atoms with Crippen LogP contribution in [0.5, 0.6) is 5.75 Å². The molecule has 2 aromatic carbocycles. The van der Waals surface area contributed by atoms with E-state index in [9.17, 15) is 18.0 Å². The van der Waals surface area contributed by atoms with E-state index in [4.69, 9.17) is 4.74 Å². The van der Waals surface area contributed by atoms with E-state index in [1.807, 2.05) is 0 Å². The van der Waals surface area contributed by atoms with Crippen LogP contribution in [0.3, 0.4) is 0 Å². The molecule has 0 spiro atoms. The topological polar surface area (TPSA) is 114 Å². The van der Waals surface area contributed by atoms with E-state index in [1.165, 1.54) is 32.2 Å². The fraction of sp³-hybridized carbons (Fsp3) is 0.176. The molecule has 1 atom stereocenters. The summed E-state index contributed by atoms with van der Waals surface area (Å²) < 4.78 is 32.8. The van der Waals surface area contributed by atoms with Gasteiger partial charge in [-0.1, -0.05) is 6.07 Å². The van der Waals surface area contributed by atoms with Gasteiger partial charge >= 0.3 is 0 Å². The molecule has 0 bridgehead atoms. The number of fused-ring (bicyclic) bond motifs is 1. The number of sulfonamides is 1. The van der Waals surface area contributed by atoms with Crippen molar-refractivity contribution in [2.75, 3.05) is 22.5 Å². The summed E-state index contributed by atoms with van der Waals surface area (Å²) in [7, 11) is -2.41. The first-order valence-corrected chi connectivity index (χ1v) is 9.21. The smallest absolute Gasteiger partial charge is 0.261 e. The molecule has 8 nitrogen and oxygen atoms in total. The molecule has 1 heterocycles. The van der Waals surface area contributed by atoms with Gasteiger partial charge in [-0.2, -0.15) is 0 Å². The van der Waals surface area contributed by atoms with Crippen LogP contribution in [0.2, 0.25) is 0 Å². The van der Waals surface area contributed by atoms with Gasteiger partial charge in [0.05, 0.1) is 29.1 Å². The molecular weight excluding hydrogens is 358 g/mol. The summed E-state index contributed by atoms with van der Waals surface area (Å²) in [4.78, 5) is 23.8. The number of nitrogens with one attached hydrogen (secondary N) is 3. The lowest BCUT2D eigenvalue weighted by molar-refractivity contribution is -0.128. The van der Waals surface area contributed by atoms with Gasteiger partial charge in [-0.3, -0.25) is 14.3 Å². The Bertz CT molecular complexity index is 988. The van der Waals surface area contributed by atoms with Crippen molar-refractivity contribution in [3.05, 3.63) is 42.5 Å². The zero-order valence-corrected chi connectivity index (χ0v) is 14.9. The SMILES string of the molecule is COc1cccc(NS(=O)(=O)c2ccc3c(c2)NC(=O)[C@H](C)C(=O)N3)c1. The van der Waals surface area contributed by atoms with Crippen LogP contribution in [-0.2, 0) is 19.6 Å². The highest BCUT2D eigenvalue weighted by Gasteiger charge is 2.27. The van der Waals surface area contributed by atoms with Crippen LogP contribution in [0.15, 0.2) is 47.4 Å². The minimum atomic E-state index is -3.90. The number of rotatable bonds is 4. The van der Waals surface area contributed by atoms with E-state index in [2.05, 4.69) is 15.4 Å². The molecule has 9 heteroatoms. The van der Waals surface area contributed by atoms with Gasteiger partial charge < -0.3 is 15.4 Å². The largest absolute Gasteiger partial charge is 0.497 e. The number of ether oxygens (including phenoxy) is 1. The molecule has 1 aliphatic heterocycles. The molecule has 2 aromatic rings. The van der Waals surface area contributed by atoms with E-state index in [0.717, 1.165) is 0 Å². The standard InChI is InChI=1S/C17H17N3O5S/c1-10-16(21)18-14-7-6-13(9-15(14)19-17(10)22)26(23,24)20-11-4-3-5-12(8-11)25-2/h3-10,20H,1-2H3,(H,18,21)(H,19,22)/t10-/m1/s1. The van der Waals surface area contributed by atoms with Crippen LogP contribution >= 0.6 is 0 Å². The second-order valence-corrected chi connectivity index (χ2v) is 7.43. The maximum atomic E-state index is 12.6. The lowest BCUT2D eigenvalue weighted by Gasteiger charge is -2.12. The maximum Gasteiger partial charge on any atom is 0.261 e. The maximum absolute atomic E-state index is 12.6. The Kier molecular flexibility index (Phi) is 4.56. The molecule has 3 N–H and O–H groups in total. The number of carbonyl (C=O) groups is 2. The van der Waals surface area contributed by atoms with Crippen molar-refractivity contribution in [1.29, 1.82) is 0 Å². The molecule has 0 aromatic heterocycles. The third kappa shape index (κ3) is 3.47. The van der Waals surface area contributed by atoms with Gasteiger partial charge in [-0.25, -0.2) is 8.42 Å². The highest BCUT2D eigenvalue weighted by Crippen LogP contribution is 2.30. The molecular formula is C17H17N3O5S. The van der Waals surface area contributed by atoms with Gasteiger partial charge in [0.15, 0.2) is 0 Å². The molecule has 0 fully saturated rings.